The van der Waals surface area contributed by atoms with Gasteiger partial charge in [0.15, 0.2) is 0 Å². The Kier molecular flexibility index (Phi) is 5.71. The Morgan fingerprint density at radius 1 is 1.20 bits per heavy atom. The standard InChI is InChI=1S/C21H20N4O4S/c1-28-17-6-4-3-5-16(17)19(27)22-21-24-23-20(29-21)13-11-18(26)25(12-13)14-7-9-15(30-2)10-8-14/h3-10,13H,11-12H2,1-2H3,(H,22,24,27)/t13-/m0/s1. The van der Waals surface area contributed by atoms with E-state index in [9.17, 15) is 9.59 Å². The summed E-state index contributed by atoms with van der Waals surface area (Å²) in [5.74, 6) is 0.110. The highest BCUT2D eigenvalue weighted by molar-refractivity contribution is 7.98. The lowest BCUT2D eigenvalue weighted by Gasteiger charge is -2.16. The summed E-state index contributed by atoms with van der Waals surface area (Å²) in [6.07, 6.45) is 2.28. The molecule has 0 radical (unpaired) electrons. The Morgan fingerprint density at radius 3 is 2.70 bits per heavy atom. The predicted octanol–water partition coefficient (Wildman–Crippen LogP) is 3.57. The summed E-state index contributed by atoms with van der Waals surface area (Å²) >= 11 is 1.65. The Balaban J connectivity index is 1.45. The molecule has 1 aliphatic heterocycles. The lowest BCUT2D eigenvalue weighted by atomic mass is 10.1. The van der Waals surface area contributed by atoms with Crippen molar-refractivity contribution >= 4 is 35.3 Å². The average Bonchev–Trinajstić information content (AvgIpc) is 3.40. The molecule has 154 valence electrons. The number of carbonyl (C=O) groups is 2. The zero-order valence-electron chi connectivity index (χ0n) is 16.5. The molecule has 0 bridgehead atoms. The molecule has 30 heavy (non-hydrogen) atoms. The number of rotatable bonds is 6. The van der Waals surface area contributed by atoms with Crippen LogP contribution in [-0.2, 0) is 4.79 Å². The van der Waals surface area contributed by atoms with Crippen molar-refractivity contribution in [2.24, 2.45) is 0 Å². The van der Waals surface area contributed by atoms with E-state index in [1.165, 1.54) is 7.11 Å². The summed E-state index contributed by atoms with van der Waals surface area (Å²) in [6, 6.07) is 14.7. The summed E-state index contributed by atoms with van der Waals surface area (Å²) in [5, 5.41) is 10.5. The molecular weight excluding hydrogens is 404 g/mol. The zero-order valence-corrected chi connectivity index (χ0v) is 17.3. The lowest BCUT2D eigenvalue weighted by Crippen LogP contribution is -2.24. The first-order chi connectivity index (χ1) is 14.6. The fourth-order valence-electron chi connectivity index (χ4n) is 3.33. The van der Waals surface area contributed by atoms with E-state index in [4.69, 9.17) is 9.15 Å². The number of aromatic nitrogens is 2. The minimum Gasteiger partial charge on any atom is -0.496 e. The van der Waals surface area contributed by atoms with Crippen LogP contribution in [0.1, 0.15) is 28.6 Å². The first kappa shape index (κ1) is 20.0. The van der Waals surface area contributed by atoms with Gasteiger partial charge in [-0.25, -0.2) is 0 Å². The third-order valence-corrected chi connectivity index (χ3v) is 5.61. The normalized spacial score (nSPS) is 16.0. The monoisotopic (exact) mass is 424 g/mol. The molecule has 4 rings (SSSR count). The lowest BCUT2D eigenvalue weighted by molar-refractivity contribution is -0.117. The zero-order chi connectivity index (χ0) is 21.1. The number of hydrogen-bond donors (Lipinski definition) is 1. The summed E-state index contributed by atoms with van der Waals surface area (Å²) in [7, 11) is 1.49. The number of thioether (sulfide) groups is 1. The largest absolute Gasteiger partial charge is 0.496 e. The molecule has 1 saturated heterocycles. The van der Waals surface area contributed by atoms with Crippen LogP contribution in [0.25, 0.3) is 0 Å². The van der Waals surface area contributed by atoms with Crippen molar-refractivity contribution in [1.82, 2.24) is 10.2 Å². The second kappa shape index (κ2) is 8.58. The van der Waals surface area contributed by atoms with Crippen LogP contribution in [0.5, 0.6) is 5.75 Å². The van der Waals surface area contributed by atoms with Crippen LogP contribution in [0.15, 0.2) is 57.8 Å². The molecule has 1 aliphatic rings. The number of nitrogens with zero attached hydrogens (tertiary/aromatic N) is 3. The molecule has 3 aromatic rings. The number of carbonyl (C=O) groups excluding carboxylic acids is 2. The third-order valence-electron chi connectivity index (χ3n) is 4.87. The third kappa shape index (κ3) is 4.02. The summed E-state index contributed by atoms with van der Waals surface area (Å²) in [4.78, 5) is 27.8. The average molecular weight is 424 g/mol. The topological polar surface area (TPSA) is 97.6 Å². The quantitative estimate of drug-likeness (QED) is 0.604. The second-order valence-electron chi connectivity index (χ2n) is 6.70. The summed E-state index contributed by atoms with van der Waals surface area (Å²) in [5.41, 5.74) is 1.19. The summed E-state index contributed by atoms with van der Waals surface area (Å²) < 4.78 is 10.8. The van der Waals surface area contributed by atoms with Crippen LogP contribution in [0, 0.1) is 0 Å². The number of anilines is 2. The van der Waals surface area contributed by atoms with E-state index in [1.54, 1.807) is 40.9 Å². The Hall–Kier alpha value is -3.33. The number of benzene rings is 2. The van der Waals surface area contributed by atoms with Gasteiger partial charge in [-0.1, -0.05) is 17.2 Å². The molecule has 1 N–H and O–H groups in total. The molecule has 0 unspecified atom stereocenters. The predicted molar refractivity (Wildman–Crippen MR) is 113 cm³/mol. The SMILES string of the molecule is COc1ccccc1C(=O)Nc1nnc([C@H]2CC(=O)N(c3ccc(SC)cc3)C2)o1. The van der Waals surface area contributed by atoms with Crippen LogP contribution >= 0.6 is 11.8 Å². The van der Waals surface area contributed by atoms with E-state index < -0.39 is 5.91 Å². The molecule has 2 amide bonds. The molecule has 1 atom stereocenters. The highest BCUT2D eigenvalue weighted by Gasteiger charge is 2.35. The smallest absolute Gasteiger partial charge is 0.322 e. The van der Waals surface area contributed by atoms with Gasteiger partial charge in [-0.05, 0) is 42.7 Å². The van der Waals surface area contributed by atoms with Gasteiger partial charge in [0.1, 0.15) is 5.75 Å². The van der Waals surface area contributed by atoms with Gasteiger partial charge in [-0.15, -0.1) is 16.9 Å². The van der Waals surface area contributed by atoms with Crippen molar-refractivity contribution in [3.63, 3.8) is 0 Å². The van der Waals surface area contributed by atoms with Gasteiger partial charge in [0.25, 0.3) is 5.91 Å². The number of hydrogen-bond acceptors (Lipinski definition) is 7. The van der Waals surface area contributed by atoms with E-state index >= 15 is 0 Å². The fraction of sp³-hybridized carbons (Fsp3) is 0.238. The van der Waals surface area contributed by atoms with Gasteiger partial charge in [0, 0.05) is 23.5 Å². The van der Waals surface area contributed by atoms with Gasteiger partial charge < -0.3 is 14.1 Å². The van der Waals surface area contributed by atoms with E-state index in [2.05, 4.69) is 15.5 Å². The number of amides is 2. The highest BCUT2D eigenvalue weighted by Crippen LogP contribution is 2.32. The number of methoxy groups -OCH3 is 1. The second-order valence-corrected chi connectivity index (χ2v) is 7.58. The number of para-hydroxylation sites is 1. The van der Waals surface area contributed by atoms with Crippen LogP contribution in [-0.4, -0.2) is 41.9 Å². The van der Waals surface area contributed by atoms with Gasteiger partial charge in [0.2, 0.25) is 11.8 Å². The van der Waals surface area contributed by atoms with Gasteiger partial charge in [-0.3, -0.25) is 14.9 Å². The molecular formula is C21H20N4O4S. The maximum absolute atomic E-state index is 12.5. The van der Waals surface area contributed by atoms with Crippen molar-refractivity contribution in [3.8, 4) is 5.75 Å². The maximum Gasteiger partial charge on any atom is 0.322 e. The number of ether oxygens (including phenoxy) is 1. The Morgan fingerprint density at radius 2 is 1.97 bits per heavy atom. The van der Waals surface area contributed by atoms with Crippen LogP contribution < -0.4 is 15.0 Å². The van der Waals surface area contributed by atoms with Crippen molar-refractivity contribution in [3.05, 3.63) is 60.0 Å². The van der Waals surface area contributed by atoms with E-state index in [-0.39, 0.29) is 24.3 Å². The molecule has 2 heterocycles. The van der Waals surface area contributed by atoms with E-state index in [1.807, 2.05) is 30.5 Å². The number of nitrogens with one attached hydrogen (secondary N) is 1. The fourth-order valence-corrected chi connectivity index (χ4v) is 3.74. The van der Waals surface area contributed by atoms with Crippen molar-refractivity contribution in [2.45, 2.75) is 17.2 Å². The first-order valence-corrected chi connectivity index (χ1v) is 10.5. The minimum absolute atomic E-state index is 0.00490. The first-order valence-electron chi connectivity index (χ1n) is 9.31. The van der Waals surface area contributed by atoms with Crippen molar-refractivity contribution in [1.29, 1.82) is 0 Å². The Bertz CT molecular complexity index is 1070. The molecule has 0 saturated carbocycles. The van der Waals surface area contributed by atoms with Crippen molar-refractivity contribution in [2.75, 3.05) is 30.1 Å². The Labute approximate surface area is 177 Å². The van der Waals surface area contributed by atoms with E-state index in [0.29, 0.717) is 23.7 Å². The molecule has 1 fully saturated rings. The maximum atomic E-state index is 12.5. The minimum atomic E-state index is -0.416. The van der Waals surface area contributed by atoms with Crippen LogP contribution in [0.2, 0.25) is 0 Å². The molecule has 0 spiro atoms. The highest BCUT2D eigenvalue weighted by atomic mass is 32.2. The van der Waals surface area contributed by atoms with Crippen molar-refractivity contribution < 1.29 is 18.7 Å². The van der Waals surface area contributed by atoms with Gasteiger partial charge in [-0.2, -0.15) is 0 Å². The molecule has 0 aliphatic carbocycles. The van der Waals surface area contributed by atoms with Crippen LogP contribution in [0.3, 0.4) is 0 Å². The summed E-state index contributed by atoms with van der Waals surface area (Å²) in [6.45, 7) is 0.444. The molecule has 9 heteroatoms. The van der Waals surface area contributed by atoms with Gasteiger partial charge >= 0.3 is 6.01 Å². The molecule has 8 nitrogen and oxygen atoms in total. The molecule has 1 aromatic heterocycles. The van der Waals surface area contributed by atoms with E-state index in [0.717, 1.165) is 10.6 Å². The van der Waals surface area contributed by atoms with Crippen LogP contribution in [0.4, 0.5) is 11.7 Å². The molecule has 2 aromatic carbocycles. The van der Waals surface area contributed by atoms with Gasteiger partial charge in [0.05, 0.1) is 18.6 Å².